The first-order valence-electron chi connectivity index (χ1n) is 5.86. The molecule has 0 radical (unpaired) electrons. The number of nitrogens with one attached hydrogen (secondary N) is 1. The normalized spacial score (nSPS) is 10.2. The van der Waals surface area contributed by atoms with E-state index < -0.39 is 0 Å². The van der Waals surface area contributed by atoms with E-state index >= 15 is 0 Å². The van der Waals surface area contributed by atoms with Crippen molar-refractivity contribution in [3.63, 3.8) is 0 Å². The minimum Gasteiger partial charge on any atom is -0.382 e. The first-order chi connectivity index (χ1) is 8.29. The van der Waals surface area contributed by atoms with Crippen LogP contribution in [0.2, 0.25) is 0 Å². The van der Waals surface area contributed by atoms with Gasteiger partial charge in [0.05, 0.1) is 5.69 Å². The Morgan fingerprint density at radius 3 is 2.59 bits per heavy atom. The molecule has 3 heteroatoms. The number of nitrogen functional groups attached to an aromatic ring is 1. The average molecular weight is 227 g/mol. The summed E-state index contributed by atoms with van der Waals surface area (Å²) in [6.07, 6.45) is 3.97. The van der Waals surface area contributed by atoms with Crippen molar-refractivity contribution < 1.29 is 0 Å². The summed E-state index contributed by atoms with van der Waals surface area (Å²) >= 11 is 0. The first kappa shape index (κ1) is 11.5. The Hall–Kier alpha value is -2.03. The summed E-state index contributed by atoms with van der Waals surface area (Å²) in [7, 11) is 0. The topological polar surface area (TPSA) is 50.9 Å². The molecular formula is C14H17N3. The molecule has 0 unspecified atom stereocenters. The largest absolute Gasteiger partial charge is 0.382 e. The molecule has 1 aromatic carbocycles. The van der Waals surface area contributed by atoms with Crippen molar-refractivity contribution in [2.75, 3.05) is 11.1 Å². The number of rotatable bonds is 4. The van der Waals surface area contributed by atoms with Gasteiger partial charge in [-0.1, -0.05) is 25.5 Å². The van der Waals surface area contributed by atoms with Crippen LogP contribution in [-0.4, -0.2) is 4.98 Å². The van der Waals surface area contributed by atoms with Gasteiger partial charge in [-0.3, -0.25) is 0 Å². The highest BCUT2D eigenvalue weighted by atomic mass is 14.9. The van der Waals surface area contributed by atoms with Crippen LogP contribution in [0.25, 0.3) is 0 Å². The van der Waals surface area contributed by atoms with Crippen molar-refractivity contribution in [1.29, 1.82) is 0 Å². The fourth-order valence-corrected chi connectivity index (χ4v) is 1.72. The lowest BCUT2D eigenvalue weighted by molar-refractivity contribution is 0.922. The SMILES string of the molecule is CCCc1ccc(Nc2cccnc2N)cc1. The molecule has 0 saturated heterocycles. The Balaban J connectivity index is 2.11. The van der Waals surface area contributed by atoms with E-state index in [1.165, 1.54) is 12.0 Å². The molecule has 0 spiro atoms. The molecule has 3 N–H and O–H groups in total. The summed E-state index contributed by atoms with van der Waals surface area (Å²) in [4.78, 5) is 4.04. The van der Waals surface area contributed by atoms with Gasteiger partial charge in [-0.2, -0.15) is 0 Å². The lowest BCUT2D eigenvalue weighted by Gasteiger charge is -2.08. The molecule has 1 aromatic heterocycles. The maximum absolute atomic E-state index is 5.77. The molecule has 1 heterocycles. The van der Waals surface area contributed by atoms with Crippen LogP contribution in [-0.2, 0) is 6.42 Å². The first-order valence-corrected chi connectivity index (χ1v) is 5.86. The molecule has 0 amide bonds. The molecular weight excluding hydrogens is 210 g/mol. The molecule has 3 nitrogen and oxygen atoms in total. The maximum Gasteiger partial charge on any atom is 0.147 e. The number of hydrogen-bond acceptors (Lipinski definition) is 3. The molecule has 0 fully saturated rings. The molecule has 2 rings (SSSR count). The van der Waals surface area contributed by atoms with Gasteiger partial charge in [-0.05, 0) is 36.2 Å². The van der Waals surface area contributed by atoms with Crippen molar-refractivity contribution in [3.8, 4) is 0 Å². The van der Waals surface area contributed by atoms with Crippen LogP contribution in [0.15, 0.2) is 42.6 Å². The van der Waals surface area contributed by atoms with Crippen molar-refractivity contribution >= 4 is 17.2 Å². The van der Waals surface area contributed by atoms with Gasteiger partial charge in [-0.25, -0.2) is 4.98 Å². The number of hydrogen-bond donors (Lipinski definition) is 2. The molecule has 17 heavy (non-hydrogen) atoms. The Kier molecular flexibility index (Phi) is 3.60. The zero-order valence-electron chi connectivity index (χ0n) is 9.98. The second-order valence-corrected chi connectivity index (χ2v) is 4.01. The number of anilines is 3. The van der Waals surface area contributed by atoms with E-state index in [0.717, 1.165) is 17.8 Å². The highest BCUT2D eigenvalue weighted by Gasteiger charge is 1.99. The minimum atomic E-state index is 0.519. The Labute approximate surface area is 102 Å². The quantitative estimate of drug-likeness (QED) is 0.842. The third-order valence-electron chi connectivity index (χ3n) is 2.61. The summed E-state index contributed by atoms with van der Waals surface area (Å²) in [5.41, 5.74) is 9.01. The zero-order chi connectivity index (χ0) is 12.1. The van der Waals surface area contributed by atoms with Crippen LogP contribution in [0.3, 0.4) is 0 Å². The van der Waals surface area contributed by atoms with Gasteiger partial charge in [0.15, 0.2) is 0 Å². The van der Waals surface area contributed by atoms with Crippen molar-refractivity contribution in [1.82, 2.24) is 4.98 Å². The van der Waals surface area contributed by atoms with Gasteiger partial charge in [0.2, 0.25) is 0 Å². The fraction of sp³-hybridized carbons (Fsp3) is 0.214. The summed E-state index contributed by atoms with van der Waals surface area (Å²) in [6, 6.07) is 12.2. The van der Waals surface area contributed by atoms with Crippen LogP contribution in [0, 0.1) is 0 Å². The Morgan fingerprint density at radius 1 is 1.18 bits per heavy atom. The van der Waals surface area contributed by atoms with E-state index in [0.29, 0.717) is 5.82 Å². The second-order valence-electron chi connectivity index (χ2n) is 4.01. The molecule has 0 aliphatic carbocycles. The molecule has 88 valence electrons. The van der Waals surface area contributed by atoms with Gasteiger partial charge in [0.25, 0.3) is 0 Å². The summed E-state index contributed by atoms with van der Waals surface area (Å²) in [6.45, 7) is 2.18. The molecule has 0 atom stereocenters. The molecule has 0 bridgehead atoms. The van der Waals surface area contributed by atoms with Crippen LogP contribution in [0.5, 0.6) is 0 Å². The van der Waals surface area contributed by atoms with Gasteiger partial charge in [0, 0.05) is 11.9 Å². The van der Waals surface area contributed by atoms with Crippen LogP contribution < -0.4 is 11.1 Å². The number of nitrogens with two attached hydrogens (primary N) is 1. The van der Waals surface area contributed by atoms with E-state index in [1.54, 1.807) is 6.20 Å². The van der Waals surface area contributed by atoms with Crippen LogP contribution in [0.4, 0.5) is 17.2 Å². The standard InChI is InChI=1S/C14H17N3/c1-2-4-11-6-8-12(9-7-11)17-13-5-3-10-16-14(13)15/h3,5-10,17H,2,4H2,1H3,(H2,15,16). The summed E-state index contributed by atoms with van der Waals surface area (Å²) < 4.78 is 0. The predicted octanol–water partition coefficient (Wildman–Crippen LogP) is 3.36. The monoisotopic (exact) mass is 227 g/mol. The number of aromatic nitrogens is 1. The highest BCUT2D eigenvalue weighted by molar-refractivity contribution is 5.69. The molecule has 0 aliphatic heterocycles. The molecule has 2 aromatic rings. The third kappa shape index (κ3) is 2.97. The van der Waals surface area contributed by atoms with Gasteiger partial charge >= 0.3 is 0 Å². The number of aryl methyl sites for hydroxylation is 1. The predicted molar refractivity (Wildman–Crippen MR) is 72.4 cm³/mol. The second kappa shape index (κ2) is 5.34. The molecule has 0 saturated carbocycles. The minimum absolute atomic E-state index is 0.519. The van der Waals surface area contributed by atoms with E-state index in [4.69, 9.17) is 5.73 Å². The Bertz CT molecular complexity index is 477. The van der Waals surface area contributed by atoms with Crippen LogP contribution in [0.1, 0.15) is 18.9 Å². The smallest absolute Gasteiger partial charge is 0.147 e. The third-order valence-corrected chi connectivity index (χ3v) is 2.61. The molecule has 0 aliphatic rings. The number of nitrogens with zero attached hydrogens (tertiary/aromatic N) is 1. The van der Waals surface area contributed by atoms with E-state index in [2.05, 4.69) is 41.5 Å². The summed E-state index contributed by atoms with van der Waals surface area (Å²) in [5.74, 6) is 0.519. The van der Waals surface area contributed by atoms with Gasteiger partial charge in [0.1, 0.15) is 5.82 Å². The van der Waals surface area contributed by atoms with E-state index in [1.807, 2.05) is 12.1 Å². The number of pyridine rings is 1. The van der Waals surface area contributed by atoms with E-state index in [-0.39, 0.29) is 0 Å². The lowest BCUT2D eigenvalue weighted by atomic mass is 10.1. The average Bonchev–Trinajstić information content (AvgIpc) is 2.35. The highest BCUT2D eigenvalue weighted by Crippen LogP contribution is 2.21. The van der Waals surface area contributed by atoms with Crippen molar-refractivity contribution in [2.45, 2.75) is 19.8 Å². The van der Waals surface area contributed by atoms with Gasteiger partial charge in [-0.15, -0.1) is 0 Å². The van der Waals surface area contributed by atoms with Crippen LogP contribution >= 0.6 is 0 Å². The lowest BCUT2D eigenvalue weighted by Crippen LogP contribution is -1.98. The zero-order valence-corrected chi connectivity index (χ0v) is 9.98. The van der Waals surface area contributed by atoms with Gasteiger partial charge < -0.3 is 11.1 Å². The van der Waals surface area contributed by atoms with Crippen molar-refractivity contribution in [3.05, 3.63) is 48.2 Å². The fourth-order valence-electron chi connectivity index (χ4n) is 1.72. The Morgan fingerprint density at radius 2 is 1.94 bits per heavy atom. The maximum atomic E-state index is 5.77. The van der Waals surface area contributed by atoms with Crippen molar-refractivity contribution in [2.24, 2.45) is 0 Å². The number of benzene rings is 1. The van der Waals surface area contributed by atoms with E-state index in [9.17, 15) is 0 Å². The summed E-state index contributed by atoms with van der Waals surface area (Å²) in [5, 5.41) is 3.25.